The Labute approximate surface area is 119 Å². The average molecular weight is 300 g/mol. The summed E-state index contributed by atoms with van der Waals surface area (Å²) in [5, 5.41) is 14.3. The zero-order valence-corrected chi connectivity index (χ0v) is 13.3. The molecular weight excluding hydrogens is 284 g/mol. The fraction of sp³-hybridized carbons (Fsp3) is 0.545. The summed E-state index contributed by atoms with van der Waals surface area (Å²) in [6.07, 6.45) is 2.10. The van der Waals surface area contributed by atoms with Crippen molar-refractivity contribution in [2.24, 2.45) is 0 Å². The second-order valence-corrected chi connectivity index (χ2v) is 7.00. The molecule has 2 aromatic rings. The van der Waals surface area contributed by atoms with E-state index < -0.39 is 0 Å². The molecule has 0 aromatic carbocycles. The van der Waals surface area contributed by atoms with Gasteiger partial charge in [0.15, 0.2) is 5.01 Å². The smallest absolute Gasteiger partial charge is 0.205 e. The fourth-order valence-corrected chi connectivity index (χ4v) is 4.21. The zero-order valence-electron chi connectivity index (χ0n) is 10.9. The second kappa shape index (κ2) is 5.99. The van der Waals surface area contributed by atoms with Crippen LogP contribution in [0, 0.1) is 0 Å². The molecule has 0 saturated heterocycles. The van der Waals surface area contributed by atoms with Crippen molar-refractivity contribution in [1.82, 2.24) is 15.2 Å². The quantitative estimate of drug-likeness (QED) is 0.912. The lowest BCUT2D eigenvalue weighted by atomic mass is 10.1. The van der Waals surface area contributed by atoms with E-state index in [1.807, 2.05) is 7.05 Å². The zero-order chi connectivity index (χ0) is 13.1. The predicted octanol–water partition coefficient (Wildman–Crippen LogP) is 3.69. The molecule has 0 amide bonds. The van der Waals surface area contributed by atoms with Crippen LogP contribution in [0.5, 0.6) is 0 Å². The molecule has 2 aromatic heterocycles. The molecule has 0 saturated carbocycles. The van der Waals surface area contributed by atoms with Gasteiger partial charge in [0, 0.05) is 12.8 Å². The average Bonchev–Trinajstić information content (AvgIpc) is 2.94. The third kappa shape index (κ3) is 2.84. The van der Waals surface area contributed by atoms with E-state index in [1.54, 1.807) is 34.4 Å². The summed E-state index contributed by atoms with van der Waals surface area (Å²) in [6, 6.07) is 0. The van der Waals surface area contributed by atoms with Crippen LogP contribution in [0.3, 0.4) is 0 Å². The Morgan fingerprint density at radius 1 is 1.28 bits per heavy atom. The lowest BCUT2D eigenvalue weighted by Gasteiger charge is -2.01. The fourth-order valence-electron chi connectivity index (χ4n) is 1.52. The Kier molecular flexibility index (Phi) is 4.58. The first kappa shape index (κ1) is 13.8. The van der Waals surface area contributed by atoms with Crippen molar-refractivity contribution in [1.29, 1.82) is 0 Å². The van der Waals surface area contributed by atoms with E-state index in [2.05, 4.69) is 35.6 Å². The molecule has 7 heteroatoms. The van der Waals surface area contributed by atoms with Gasteiger partial charge in [0.1, 0.15) is 5.01 Å². The summed E-state index contributed by atoms with van der Waals surface area (Å²) < 4.78 is 0. The molecule has 0 aliphatic rings. The molecule has 0 aliphatic heterocycles. The summed E-state index contributed by atoms with van der Waals surface area (Å²) in [5.74, 6) is 1.37. The van der Waals surface area contributed by atoms with Gasteiger partial charge < -0.3 is 5.32 Å². The largest absolute Gasteiger partial charge is 0.363 e. The van der Waals surface area contributed by atoms with E-state index in [-0.39, 0.29) is 0 Å². The minimum absolute atomic E-state index is 0.411. The maximum atomic E-state index is 4.73. The van der Waals surface area contributed by atoms with Crippen LogP contribution < -0.4 is 5.32 Å². The number of anilines is 1. The number of thiazole rings is 1. The molecule has 2 heterocycles. The maximum absolute atomic E-state index is 4.73. The van der Waals surface area contributed by atoms with Gasteiger partial charge in [-0.1, -0.05) is 25.2 Å². The summed E-state index contributed by atoms with van der Waals surface area (Å²) in [4.78, 5) is 5.90. The third-order valence-electron chi connectivity index (χ3n) is 2.35. The SMILES string of the molecule is CNc1nnc(-c2sc(CSC)nc2C(C)C)s1. The predicted molar refractivity (Wildman–Crippen MR) is 81.9 cm³/mol. The van der Waals surface area contributed by atoms with Crippen molar-refractivity contribution in [3.8, 4) is 9.88 Å². The monoisotopic (exact) mass is 300 g/mol. The molecule has 0 spiro atoms. The van der Waals surface area contributed by atoms with Crippen molar-refractivity contribution in [3.63, 3.8) is 0 Å². The summed E-state index contributed by atoms with van der Waals surface area (Å²) >= 11 is 5.11. The van der Waals surface area contributed by atoms with E-state index in [9.17, 15) is 0 Å². The highest BCUT2D eigenvalue weighted by atomic mass is 32.2. The van der Waals surface area contributed by atoms with Crippen molar-refractivity contribution in [2.75, 3.05) is 18.6 Å². The highest BCUT2D eigenvalue weighted by Crippen LogP contribution is 2.37. The van der Waals surface area contributed by atoms with Crippen molar-refractivity contribution in [3.05, 3.63) is 10.7 Å². The van der Waals surface area contributed by atoms with Gasteiger partial charge in [0.25, 0.3) is 0 Å². The Morgan fingerprint density at radius 2 is 2.06 bits per heavy atom. The van der Waals surface area contributed by atoms with E-state index in [0.717, 1.165) is 21.6 Å². The second-order valence-electron chi connectivity index (χ2n) is 4.07. The number of nitrogens with one attached hydrogen (secondary N) is 1. The first-order valence-corrected chi connectivity index (χ1v) is 8.68. The van der Waals surface area contributed by atoms with Crippen LogP contribution in [0.2, 0.25) is 0 Å². The Balaban J connectivity index is 2.41. The van der Waals surface area contributed by atoms with E-state index in [0.29, 0.717) is 5.92 Å². The van der Waals surface area contributed by atoms with Crippen LogP contribution in [0.4, 0.5) is 5.13 Å². The van der Waals surface area contributed by atoms with Gasteiger partial charge in [-0.3, -0.25) is 0 Å². The molecular formula is C11H16N4S3. The van der Waals surface area contributed by atoms with Gasteiger partial charge in [-0.2, -0.15) is 11.8 Å². The first-order chi connectivity index (χ1) is 8.65. The van der Waals surface area contributed by atoms with Crippen molar-refractivity contribution >= 4 is 39.6 Å². The van der Waals surface area contributed by atoms with E-state index in [4.69, 9.17) is 4.98 Å². The Morgan fingerprint density at radius 3 is 2.61 bits per heavy atom. The lowest BCUT2D eigenvalue weighted by molar-refractivity contribution is 0.829. The van der Waals surface area contributed by atoms with Gasteiger partial charge >= 0.3 is 0 Å². The van der Waals surface area contributed by atoms with Gasteiger partial charge in [-0.05, 0) is 12.2 Å². The van der Waals surface area contributed by atoms with Crippen LogP contribution in [0.1, 0.15) is 30.5 Å². The molecule has 18 heavy (non-hydrogen) atoms. The number of hydrogen-bond donors (Lipinski definition) is 1. The molecule has 0 fully saturated rings. The molecule has 0 atom stereocenters. The van der Waals surface area contributed by atoms with Crippen LogP contribution in [-0.4, -0.2) is 28.5 Å². The normalized spacial score (nSPS) is 11.2. The number of nitrogens with zero attached hydrogens (tertiary/aromatic N) is 3. The van der Waals surface area contributed by atoms with Crippen LogP contribution >= 0.6 is 34.4 Å². The molecule has 98 valence electrons. The highest BCUT2D eigenvalue weighted by Gasteiger charge is 2.18. The molecule has 1 N–H and O–H groups in total. The maximum Gasteiger partial charge on any atom is 0.205 e. The number of hydrogen-bond acceptors (Lipinski definition) is 7. The molecule has 2 rings (SSSR count). The minimum atomic E-state index is 0.411. The summed E-state index contributed by atoms with van der Waals surface area (Å²) in [6.45, 7) is 4.34. The molecule has 0 radical (unpaired) electrons. The van der Waals surface area contributed by atoms with Crippen LogP contribution in [-0.2, 0) is 5.75 Å². The number of thioether (sulfide) groups is 1. The van der Waals surface area contributed by atoms with Crippen molar-refractivity contribution in [2.45, 2.75) is 25.5 Å². The lowest BCUT2D eigenvalue weighted by Crippen LogP contribution is -1.91. The number of aromatic nitrogens is 3. The van der Waals surface area contributed by atoms with Crippen LogP contribution in [0.15, 0.2) is 0 Å². The first-order valence-electron chi connectivity index (χ1n) is 5.65. The van der Waals surface area contributed by atoms with Gasteiger partial charge in [-0.15, -0.1) is 21.5 Å². The number of rotatable bonds is 5. The Hall–Kier alpha value is -0.660. The summed E-state index contributed by atoms with van der Waals surface area (Å²) in [5.41, 5.74) is 1.14. The van der Waals surface area contributed by atoms with Crippen molar-refractivity contribution < 1.29 is 0 Å². The van der Waals surface area contributed by atoms with Gasteiger partial charge in [-0.25, -0.2) is 4.98 Å². The van der Waals surface area contributed by atoms with E-state index >= 15 is 0 Å². The topological polar surface area (TPSA) is 50.7 Å². The standard InChI is InChI=1S/C11H16N4S3/c1-6(2)8-9(17-7(13-8)5-16-4)10-14-15-11(12-3)18-10/h6H,5H2,1-4H3,(H,12,15). The van der Waals surface area contributed by atoms with Gasteiger partial charge in [0.05, 0.1) is 10.6 Å². The third-order valence-corrected chi connectivity index (χ3v) is 5.26. The Bertz CT molecular complexity index is 518. The molecule has 0 unspecified atom stereocenters. The molecule has 0 aliphatic carbocycles. The van der Waals surface area contributed by atoms with Gasteiger partial charge in [0.2, 0.25) is 5.13 Å². The summed E-state index contributed by atoms with van der Waals surface area (Å²) in [7, 11) is 1.86. The molecule has 0 bridgehead atoms. The van der Waals surface area contributed by atoms with Crippen LogP contribution in [0.25, 0.3) is 9.88 Å². The highest BCUT2D eigenvalue weighted by molar-refractivity contribution is 7.97. The van der Waals surface area contributed by atoms with E-state index in [1.165, 1.54) is 9.88 Å². The minimum Gasteiger partial charge on any atom is -0.363 e. The molecule has 4 nitrogen and oxygen atoms in total.